The van der Waals surface area contributed by atoms with Gasteiger partial charge in [-0.15, -0.1) is 0 Å². The average Bonchev–Trinajstić information content (AvgIpc) is 3.37. The lowest BCUT2D eigenvalue weighted by Gasteiger charge is -2.37. The Hall–Kier alpha value is -2.29. The molecule has 2 fully saturated rings. The lowest BCUT2D eigenvalue weighted by Crippen LogP contribution is -2.54. The molecule has 4 heterocycles. The standard InChI is InChI=1S/C21H28ClN7O/c1-26-8-10-27(11-9-26)20(30)7-6-19-23-24-21-18-14-17(15-2-4-16(22)5-3-15)25-29(18)13-12-28(19)21/h2-5,12-13,17-18,21,24-25H,6-11,14H2,1H3. The minimum Gasteiger partial charge on any atom is -0.340 e. The second-order valence-corrected chi connectivity index (χ2v) is 8.87. The van der Waals surface area contributed by atoms with Crippen LogP contribution in [0.4, 0.5) is 0 Å². The van der Waals surface area contributed by atoms with E-state index in [1.165, 1.54) is 5.56 Å². The van der Waals surface area contributed by atoms with Crippen molar-refractivity contribution in [2.24, 2.45) is 5.10 Å². The number of nitrogens with one attached hydrogen (secondary N) is 2. The van der Waals surface area contributed by atoms with Crippen molar-refractivity contribution in [2.45, 2.75) is 37.5 Å². The van der Waals surface area contributed by atoms with Gasteiger partial charge in [0, 0.05) is 56.4 Å². The maximum Gasteiger partial charge on any atom is 0.223 e. The maximum absolute atomic E-state index is 12.6. The number of nitrogens with zero attached hydrogens (tertiary/aromatic N) is 5. The Morgan fingerprint density at radius 3 is 2.70 bits per heavy atom. The number of carbonyl (C=O) groups excluding carboxylic acids is 1. The SMILES string of the molecule is CN1CCN(C(=O)CCC2=NNC3C4CC(c5ccc(Cl)cc5)NN4C=CN23)CC1. The monoisotopic (exact) mass is 429 g/mol. The number of piperazine rings is 1. The molecule has 0 aromatic heterocycles. The van der Waals surface area contributed by atoms with Crippen LogP contribution in [0.3, 0.4) is 0 Å². The molecule has 0 radical (unpaired) electrons. The van der Waals surface area contributed by atoms with Crippen molar-refractivity contribution in [3.63, 3.8) is 0 Å². The highest BCUT2D eigenvalue weighted by Gasteiger charge is 2.44. The average molecular weight is 430 g/mol. The highest BCUT2D eigenvalue weighted by molar-refractivity contribution is 6.30. The number of rotatable bonds is 4. The Morgan fingerprint density at radius 2 is 1.93 bits per heavy atom. The van der Waals surface area contributed by atoms with Gasteiger partial charge in [0.2, 0.25) is 5.91 Å². The van der Waals surface area contributed by atoms with E-state index in [1.54, 1.807) is 0 Å². The van der Waals surface area contributed by atoms with Crippen LogP contribution in [0, 0.1) is 0 Å². The van der Waals surface area contributed by atoms with E-state index >= 15 is 0 Å². The number of hydrogen-bond donors (Lipinski definition) is 2. The predicted molar refractivity (Wildman–Crippen MR) is 116 cm³/mol. The first-order chi connectivity index (χ1) is 14.6. The fourth-order valence-corrected chi connectivity index (χ4v) is 4.78. The van der Waals surface area contributed by atoms with E-state index in [2.05, 4.69) is 62.3 Å². The molecule has 0 spiro atoms. The summed E-state index contributed by atoms with van der Waals surface area (Å²) in [6, 6.07) is 8.52. The molecule has 4 aliphatic heterocycles. The van der Waals surface area contributed by atoms with Crippen molar-refractivity contribution in [3.05, 3.63) is 47.3 Å². The molecular weight excluding hydrogens is 402 g/mol. The van der Waals surface area contributed by atoms with Gasteiger partial charge in [0.05, 0.1) is 12.1 Å². The summed E-state index contributed by atoms with van der Waals surface area (Å²) in [5.41, 5.74) is 8.10. The molecule has 0 bridgehead atoms. The molecule has 4 aliphatic rings. The number of hydrogen-bond acceptors (Lipinski definition) is 7. The Morgan fingerprint density at radius 1 is 1.17 bits per heavy atom. The molecule has 160 valence electrons. The van der Waals surface area contributed by atoms with E-state index in [1.807, 2.05) is 17.0 Å². The van der Waals surface area contributed by atoms with Gasteiger partial charge in [-0.25, -0.2) is 5.43 Å². The van der Waals surface area contributed by atoms with Gasteiger partial charge in [0.1, 0.15) is 12.0 Å². The molecule has 5 rings (SSSR count). The quantitative estimate of drug-likeness (QED) is 0.757. The second-order valence-electron chi connectivity index (χ2n) is 8.43. The first-order valence-corrected chi connectivity index (χ1v) is 11.0. The Balaban J connectivity index is 1.18. The summed E-state index contributed by atoms with van der Waals surface area (Å²) in [4.78, 5) is 19.0. The lowest BCUT2D eigenvalue weighted by atomic mass is 9.99. The van der Waals surface area contributed by atoms with E-state index in [0.29, 0.717) is 12.8 Å². The molecule has 2 saturated heterocycles. The number of halogens is 1. The Kier molecular flexibility index (Phi) is 5.30. The summed E-state index contributed by atoms with van der Waals surface area (Å²) in [7, 11) is 2.10. The fraction of sp³-hybridized carbons (Fsp3) is 0.524. The summed E-state index contributed by atoms with van der Waals surface area (Å²) in [5, 5.41) is 7.49. The van der Waals surface area contributed by atoms with Gasteiger partial charge in [-0.3, -0.25) is 10.2 Å². The van der Waals surface area contributed by atoms with Gasteiger partial charge in [-0.05, 0) is 31.2 Å². The number of hydrazine groups is 1. The topological polar surface area (TPSA) is 66.5 Å². The Bertz CT molecular complexity index is 849. The number of hydrazone groups is 1. The molecule has 1 aromatic carbocycles. The third-order valence-corrected chi connectivity index (χ3v) is 6.76. The van der Waals surface area contributed by atoms with Gasteiger partial charge >= 0.3 is 0 Å². The molecule has 2 N–H and O–H groups in total. The molecule has 0 saturated carbocycles. The van der Waals surface area contributed by atoms with Crippen LogP contribution in [0.5, 0.6) is 0 Å². The van der Waals surface area contributed by atoms with Crippen molar-refractivity contribution in [3.8, 4) is 0 Å². The van der Waals surface area contributed by atoms with Gasteiger partial charge < -0.3 is 19.7 Å². The summed E-state index contributed by atoms with van der Waals surface area (Å²) >= 11 is 6.03. The van der Waals surface area contributed by atoms with Crippen molar-refractivity contribution < 1.29 is 4.79 Å². The summed E-state index contributed by atoms with van der Waals surface area (Å²) in [5.74, 6) is 1.16. The van der Waals surface area contributed by atoms with Crippen molar-refractivity contribution >= 4 is 23.3 Å². The molecule has 1 aromatic rings. The van der Waals surface area contributed by atoms with E-state index in [9.17, 15) is 4.79 Å². The van der Waals surface area contributed by atoms with Crippen LogP contribution in [-0.4, -0.2) is 76.9 Å². The second kappa shape index (κ2) is 8.09. The van der Waals surface area contributed by atoms with Crippen molar-refractivity contribution in [1.82, 2.24) is 30.6 Å². The van der Waals surface area contributed by atoms with Crippen LogP contribution in [0.2, 0.25) is 5.02 Å². The summed E-state index contributed by atoms with van der Waals surface area (Å²) in [6.07, 6.45) is 6.32. The minimum atomic E-state index is 0.0774. The maximum atomic E-state index is 12.6. The third-order valence-electron chi connectivity index (χ3n) is 6.51. The van der Waals surface area contributed by atoms with E-state index < -0.39 is 0 Å². The number of amidine groups is 1. The number of likely N-dealkylation sites (N-methyl/N-ethyl adjacent to an activating group) is 1. The van der Waals surface area contributed by atoms with Gasteiger partial charge in [-0.2, -0.15) is 5.10 Å². The van der Waals surface area contributed by atoms with E-state index in [-0.39, 0.29) is 24.2 Å². The number of carbonyl (C=O) groups is 1. The largest absolute Gasteiger partial charge is 0.340 e. The van der Waals surface area contributed by atoms with Gasteiger partial charge in [0.25, 0.3) is 0 Å². The molecule has 1 amide bonds. The van der Waals surface area contributed by atoms with Crippen molar-refractivity contribution in [2.75, 3.05) is 33.2 Å². The highest BCUT2D eigenvalue weighted by atomic mass is 35.5. The molecule has 9 heteroatoms. The van der Waals surface area contributed by atoms with E-state index in [4.69, 9.17) is 11.6 Å². The normalized spacial score (nSPS) is 28.3. The van der Waals surface area contributed by atoms with Crippen LogP contribution in [-0.2, 0) is 4.79 Å². The van der Waals surface area contributed by atoms with Gasteiger partial charge in [0.15, 0.2) is 0 Å². The first kappa shape index (κ1) is 19.7. The lowest BCUT2D eigenvalue weighted by molar-refractivity contribution is -0.132. The molecule has 3 atom stereocenters. The zero-order chi connectivity index (χ0) is 20.7. The predicted octanol–water partition coefficient (Wildman–Crippen LogP) is 1.54. The fourth-order valence-electron chi connectivity index (χ4n) is 4.66. The zero-order valence-electron chi connectivity index (χ0n) is 17.2. The number of benzene rings is 1. The number of fused-ring (bicyclic) bond motifs is 3. The van der Waals surface area contributed by atoms with Crippen LogP contribution in [0.25, 0.3) is 0 Å². The smallest absolute Gasteiger partial charge is 0.223 e. The first-order valence-electron chi connectivity index (χ1n) is 10.6. The Labute approximate surface area is 182 Å². The molecular formula is C21H28ClN7O. The van der Waals surface area contributed by atoms with Crippen LogP contribution < -0.4 is 10.9 Å². The molecule has 3 unspecified atom stereocenters. The molecule has 8 nitrogen and oxygen atoms in total. The molecule has 30 heavy (non-hydrogen) atoms. The van der Waals surface area contributed by atoms with Crippen molar-refractivity contribution in [1.29, 1.82) is 0 Å². The molecule has 0 aliphatic carbocycles. The van der Waals surface area contributed by atoms with Gasteiger partial charge in [-0.1, -0.05) is 23.7 Å². The van der Waals surface area contributed by atoms with E-state index in [0.717, 1.165) is 43.5 Å². The summed E-state index contributed by atoms with van der Waals surface area (Å²) < 4.78 is 0. The zero-order valence-corrected chi connectivity index (χ0v) is 17.9. The third kappa shape index (κ3) is 3.75. The van der Waals surface area contributed by atoms with Crippen LogP contribution >= 0.6 is 11.6 Å². The van der Waals surface area contributed by atoms with Crippen LogP contribution in [0.1, 0.15) is 30.9 Å². The highest BCUT2D eigenvalue weighted by Crippen LogP contribution is 2.34. The number of amides is 1. The minimum absolute atomic E-state index is 0.0774. The summed E-state index contributed by atoms with van der Waals surface area (Å²) in [6.45, 7) is 3.54. The van der Waals surface area contributed by atoms with Crippen LogP contribution in [0.15, 0.2) is 41.8 Å².